The van der Waals surface area contributed by atoms with Crippen molar-refractivity contribution in [2.24, 2.45) is 0 Å². The van der Waals surface area contributed by atoms with Gasteiger partial charge in [0.2, 0.25) is 5.91 Å². The molecule has 1 aromatic carbocycles. The Morgan fingerprint density at radius 2 is 2.32 bits per heavy atom. The molecule has 1 aromatic rings. The Balaban J connectivity index is 1.87. The van der Waals surface area contributed by atoms with Gasteiger partial charge in [-0.15, -0.1) is 0 Å². The summed E-state index contributed by atoms with van der Waals surface area (Å²) in [5, 5.41) is 11.5. The topological polar surface area (TPSA) is 56.1 Å². The van der Waals surface area contributed by atoms with E-state index >= 15 is 0 Å². The number of hydrogen-bond acceptors (Lipinski definition) is 3. The van der Waals surface area contributed by atoms with Gasteiger partial charge in [-0.1, -0.05) is 22.0 Å². The molecule has 1 N–H and O–H groups in total. The van der Waals surface area contributed by atoms with Crippen LogP contribution in [0.3, 0.4) is 0 Å². The van der Waals surface area contributed by atoms with Gasteiger partial charge in [0, 0.05) is 29.2 Å². The molecule has 4 nitrogen and oxygen atoms in total. The van der Waals surface area contributed by atoms with E-state index in [9.17, 15) is 4.79 Å². The van der Waals surface area contributed by atoms with Crippen molar-refractivity contribution in [2.75, 3.05) is 18.4 Å². The number of nitrogens with one attached hydrogen (secondary N) is 1. The molecule has 0 aromatic heterocycles. The van der Waals surface area contributed by atoms with E-state index in [2.05, 4.69) is 32.2 Å². The molecule has 100 valence electrons. The highest BCUT2D eigenvalue weighted by Crippen LogP contribution is 2.26. The maximum atomic E-state index is 12.0. The minimum absolute atomic E-state index is 0.0251. The number of carbonyl (C=O) groups excluding carboxylic acids is 1. The van der Waals surface area contributed by atoms with E-state index in [1.165, 1.54) is 0 Å². The lowest BCUT2D eigenvalue weighted by Gasteiger charge is -2.19. The molecule has 19 heavy (non-hydrogen) atoms. The summed E-state index contributed by atoms with van der Waals surface area (Å²) in [5.41, 5.74) is 0.787. The molecule has 0 aliphatic heterocycles. The van der Waals surface area contributed by atoms with E-state index in [0.29, 0.717) is 25.6 Å². The minimum Gasteiger partial charge on any atom is -0.325 e. The number of nitriles is 1. The third kappa shape index (κ3) is 4.66. The first-order valence-corrected chi connectivity index (χ1v) is 7.15. The van der Waals surface area contributed by atoms with Crippen molar-refractivity contribution in [3.63, 3.8) is 0 Å². The van der Waals surface area contributed by atoms with Crippen LogP contribution in [0.15, 0.2) is 28.7 Å². The van der Waals surface area contributed by atoms with Gasteiger partial charge in [0.25, 0.3) is 0 Å². The quantitative estimate of drug-likeness (QED) is 0.876. The van der Waals surface area contributed by atoms with E-state index < -0.39 is 0 Å². The average molecular weight is 322 g/mol. The third-order valence-corrected chi connectivity index (χ3v) is 3.52. The average Bonchev–Trinajstić information content (AvgIpc) is 3.18. The highest BCUT2D eigenvalue weighted by Gasteiger charge is 2.29. The van der Waals surface area contributed by atoms with Gasteiger partial charge in [-0.25, -0.2) is 0 Å². The predicted molar refractivity (Wildman–Crippen MR) is 77.6 cm³/mol. The van der Waals surface area contributed by atoms with Gasteiger partial charge in [0.05, 0.1) is 12.6 Å². The SMILES string of the molecule is N#CCCN(CC(=O)Nc1cccc(Br)c1)C1CC1. The maximum absolute atomic E-state index is 12.0. The van der Waals surface area contributed by atoms with Crippen LogP contribution in [0.4, 0.5) is 5.69 Å². The lowest BCUT2D eigenvalue weighted by molar-refractivity contribution is -0.117. The van der Waals surface area contributed by atoms with Gasteiger partial charge in [0.15, 0.2) is 0 Å². The zero-order valence-corrected chi connectivity index (χ0v) is 12.2. The number of benzene rings is 1. The number of carbonyl (C=O) groups is 1. The molecular weight excluding hydrogens is 306 g/mol. The molecule has 0 heterocycles. The largest absolute Gasteiger partial charge is 0.325 e. The number of halogens is 1. The van der Waals surface area contributed by atoms with Crippen molar-refractivity contribution in [3.8, 4) is 6.07 Å². The fourth-order valence-electron chi connectivity index (χ4n) is 1.98. The van der Waals surface area contributed by atoms with Crippen LogP contribution in [-0.4, -0.2) is 29.9 Å². The van der Waals surface area contributed by atoms with Crippen LogP contribution >= 0.6 is 15.9 Å². The molecule has 0 radical (unpaired) electrons. The molecule has 0 unspecified atom stereocenters. The fourth-order valence-corrected chi connectivity index (χ4v) is 2.37. The first-order chi connectivity index (χ1) is 9.19. The van der Waals surface area contributed by atoms with Crippen LogP contribution in [0.5, 0.6) is 0 Å². The van der Waals surface area contributed by atoms with Crippen LogP contribution < -0.4 is 5.32 Å². The van der Waals surface area contributed by atoms with Gasteiger partial charge in [-0.05, 0) is 31.0 Å². The number of hydrogen-bond donors (Lipinski definition) is 1. The summed E-state index contributed by atoms with van der Waals surface area (Å²) < 4.78 is 0.939. The molecule has 0 bridgehead atoms. The molecule has 1 amide bonds. The molecule has 0 atom stereocenters. The van der Waals surface area contributed by atoms with E-state index in [1.807, 2.05) is 24.3 Å². The molecular formula is C14H16BrN3O. The van der Waals surface area contributed by atoms with Crippen LogP contribution in [0.25, 0.3) is 0 Å². The second kappa shape index (κ2) is 6.69. The lowest BCUT2D eigenvalue weighted by Crippen LogP contribution is -2.35. The van der Waals surface area contributed by atoms with Crippen molar-refractivity contribution >= 4 is 27.5 Å². The fraction of sp³-hybridized carbons (Fsp3) is 0.429. The van der Waals surface area contributed by atoms with E-state index in [4.69, 9.17) is 5.26 Å². The Kier molecular flexibility index (Phi) is 4.94. The van der Waals surface area contributed by atoms with Crippen molar-refractivity contribution in [1.82, 2.24) is 4.90 Å². The number of nitrogens with zero attached hydrogens (tertiary/aromatic N) is 2. The summed E-state index contributed by atoms with van der Waals surface area (Å²) >= 11 is 3.37. The first-order valence-electron chi connectivity index (χ1n) is 6.35. The smallest absolute Gasteiger partial charge is 0.238 e. The van der Waals surface area contributed by atoms with Gasteiger partial charge in [-0.2, -0.15) is 5.26 Å². The standard InChI is InChI=1S/C14H16BrN3O/c15-11-3-1-4-12(9-11)17-14(19)10-18(8-2-7-16)13-5-6-13/h1,3-4,9,13H,2,5-6,8,10H2,(H,17,19). The molecule has 0 spiro atoms. The third-order valence-electron chi connectivity index (χ3n) is 3.03. The molecule has 2 rings (SSSR count). The van der Waals surface area contributed by atoms with Crippen molar-refractivity contribution in [3.05, 3.63) is 28.7 Å². The van der Waals surface area contributed by atoms with Crippen molar-refractivity contribution in [2.45, 2.75) is 25.3 Å². The molecule has 1 saturated carbocycles. The summed E-state index contributed by atoms with van der Waals surface area (Å²) in [5.74, 6) is -0.0251. The van der Waals surface area contributed by atoms with E-state index in [-0.39, 0.29) is 5.91 Å². The molecule has 0 saturated heterocycles. The van der Waals surface area contributed by atoms with E-state index in [0.717, 1.165) is 23.0 Å². The molecule has 1 aliphatic carbocycles. The Labute approximate surface area is 121 Å². The van der Waals surface area contributed by atoms with Gasteiger partial charge < -0.3 is 5.32 Å². The summed E-state index contributed by atoms with van der Waals surface area (Å²) in [7, 11) is 0. The van der Waals surface area contributed by atoms with Gasteiger partial charge in [-0.3, -0.25) is 9.69 Å². The summed E-state index contributed by atoms with van der Waals surface area (Å²) in [4.78, 5) is 14.1. The van der Waals surface area contributed by atoms with Crippen molar-refractivity contribution in [1.29, 1.82) is 5.26 Å². The highest BCUT2D eigenvalue weighted by atomic mass is 79.9. The van der Waals surface area contributed by atoms with Crippen LogP contribution in [0.1, 0.15) is 19.3 Å². The maximum Gasteiger partial charge on any atom is 0.238 e. The van der Waals surface area contributed by atoms with Crippen molar-refractivity contribution < 1.29 is 4.79 Å². The van der Waals surface area contributed by atoms with Crippen LogP contribution in [-0.2, 0) is 4.79 Å². The van der Waals surface area contributed by atoms with E-state index in [1.54, 1.807) is 0 Å². The summed E-state index contributed by atoms with van der Waals surface area (Å²) in [6, 6.07) is 10.1. The van der Waals surface area contributed by atoms with Crippen LogP contribution in [0, 0.1) is 11.3 Å². The number of anilines is 1. The Hall–Kier alpha value is -1.38. The summed E-state index contributed by atoms with van der Waals surface area (Å²) in [6.45, 7) is 1.03. The zero-order chi connectivity index (χ0) is 13.7. The Morgan fingerprint density at radius 1 is 1.53 bits per heavy atom. The number of rotatable bonds is 6. The highest BCUT2D eigenvalue weighted by molar-refractivity contribution is 9.10. The Morgan fingerprint density at radius 3 is 2.95 bits per heavy atom. The zero-order valence-electron chi connectivity index (χ0n) is 10.6. The van der Waals surface area contributed by atoms with Crippen LogP contribution in [0.2, 0.25) is 0 Å². The second-order valence-electron chi connectivity index (χ2n) is 4.67. The molecule has 5 heteroatoms. The first kappa shape index (κ1) is 14.0. The van der Waals surface area contributed by atoms with Gasteiger partial charge in [0.1, 0.15) is 0 Å². The normalized spacial score (nSPS) is 14.2. The predicted octanol–water partition coefficient (Wildman–Crippen LogP) is 2.77. The molecule has 1 aliphatic rings. The van der Waals surface area contributed by atoms with Gasteiger partial charge >= 0.3 is 0 Å². The second-order valence-corrected chi connectivity index (χ2v) is 5.58. The number of amides is 1. The monoisotopic (exact) mass is 321 g/mol. The minimum atomic E-state index is -0.0251. The lowest BCUT2D eigenvalue weighted by atomic mass is 10.3. The summed E-state index contributed by atoms with van der Waals surface area (Å²) in [6.07, 6.45) is 2.74. The molecule has 1 fully saturated rings. The Bertz CT molecular complexity index is 494.